The predicted octanol–water partition coefficient (Wildman–Crippen LogP) is 2.84. The van der Waals surface area contributed by atoms with Gasteiger partial charge in [-0.3, -0.25) is 4.79 Å². The third-order valence-corrected chi connectivity index (χ3v) is 5.13. The minimum atomic E-state index is -0.0884. The molecule has 6 nitrogen and oxygen atoms in total. The lowest BCUT2D eigenvalue weighted by Crippen LogP contribution is -2.52. The molecule has 134 valence electrons. The molecule has 26 heavy (non-hydrogen) atoms. The van der Waals surface area contributed by atoms with Crippen molar-refractivity contribution in [2.24, 2.45) is 11.8 Å². The van der Waals surface area contributed by atoms with E-state index in [1.54, 1.807) is 30.3 Å². The quantitative estimate of drug-likeness (QED) is 0.827. The third kappa shape index (κ3) is 3.31. The molecule has 1 aromatic carbocycles. The van der Waals surface area contributed by atoms with Crippen LogP contribution in [0.5, 0.6) is 5.75 Å². The smallest absolute Gasteiger partial charge is 0.289 e. The second-order valence-corrected chi connectivity index (χ2v) is 6.80. The van der Waals surface area contributed by atoms with Crippen LogP contribution in [-0.2, 0) is 11.3 Å². The van der Waals surface area contributed by atoms with E-state index >= 15 is 0 Å². The summed E-state index contributed by atoms with van der Waals surface area (Å²) < 4.78 is 16.6. The predicted molar refractivity (Wildman–Crippen MR) is 92.5 cm³/mol. The van der Waals surface area contributed by atoms with Crippen LogP contribution in [0.15, 0.2) is 41.0 Å². The topological polar surface area (TPSA) is 75.7 Å². The van der Waals surface area contributed by atoms with Crippen molar-refractivity contribution < 1.29 is 18.7 Å². The Morgan fingerprint density at radius 3 is 2.96 bits per heavy atom. The van der Waals surface area contributed by atoms with E-state index in [-0.39, 0.29) is 12.5 Å². The van der Waals surface area contributed by atoms with Gasteiger partial charge in [0.15, 0.2) is 5.76 Å². The molecule has 0 aliphatic carbocycles. The number of nitriles is 1. The fraction of sp³-hybridized carbons (Fsp3) is 0.400. The summed E-state index contributed by atoms with van der Waals surface area (Å²) in [7, 11) is 0. The zero-order chi connectivity index (χ0) is 17.9. The molecule has 3 heterocycles. The number of hydrogen-bond donors (Lipinski definition) is 0. The van der Waals surface area contributed by atoms with Crippen molar-refractivity contribution >= 4 is 5.91 Å². The Bertz CT molecular complexity index is 826. The second kappa shape index (κ2) is 7.22. The maximum absolute atomic E-state index is 12.7. The van der Waals surface area contributed by atoms with Gasteiger partial charge in [-0.2, -0.15) is 5.26 Å². The molecule has 6 heteroatoms. The molecular formula is C20H20N2O4. The van der Waals surface area contributed by atoms with Crippen molar-refractivity contribution in [1.29, 1.82) is 5.26 Å². The Morgan fingerprint density at radius 2 is 2.19 bits per heavy atom. The number of hydrogen-bond acceptors (Lipinski definition) is 5. The number of rotatable bonds is 5. The summed E-state index contributed by atoms with van der Waals surface area (Å²) in [5, 5.41) is 8.95. The molecular weight excluding hydrogens is 332 g/mol. The summed E-state index contributed by atoms with van der Waals surface area (Å²) in [6.07, 6.45) is 2.61. The molecule has 0 saturated carbocycles. The average Bonchev–Trinajstić information content (AvgIpc) is 3.30. The number of ether oxygens (including phenoxy) is 2. The van der Waals surface area contributed by atoms with E-state index in [1.165, 1.54) is 6.26 Å². The van der Waals surface area contributed by atoms with Gasteiger partial charge < -0.3 is 18.8 Å². The van der Waals surface area contributed by atoms with Gasteiger partial charge in [-0.05, 0) is 42.5 Å². The van der Waals surface area contributed by atoms with Gasteiger partial charge in [-0.1, -0.05) is 6.07 Å². The first-order chi connectivity index (χ1) is 12.7. The van der Waals surface area contributed by atoms with Crippen LogP contribution in [0, 0.1) is 23.2 Å². The van der Waals surface area contributed by atoms with Crippen molar-refractivity contribution in [2.75, 3.05) is 26.3 Å². The molecule has 2 saturated heterocycles. The zero-order valence-corrected chi connectivity index (χ0v) is 14.4. The van der Waals surface area contributed by atoms with Crippen molar-refractivity contribution in [2.45, 2.75) is 13.0 Å². The van der Waals surface area contributed by atoms with E-state index in [9.17, 15) is 4.79 Å². The highest BCUT2D eigenvalue weighted by molar-refractivity contribution is 5.93. The Kier molecular flexibility index (Phi) is 4.63. The Hall–Kier alpha value is -2.78. The van der Waals surface area contributed by atoms with E-state index in [0.29, 0.717) is 34.5 Å². The summed E-state index contributed by atoms with van der Waals surface area (Å²) in [6, 6.07) is 10.8. The fourth-order valence-corrected chi connectivity index (χ4v) is 3.50. The zero-order valence-electron chi connectivity index (χ0n) is 14.4. The molecule has 1 atom stereocenters. The van der Waals surface area contributed by atoms with Crippen LogP contribution in [0.1, 0.15) is 28.1 Å². The van der Waals surface area contributed by atoms with Gasteiger partial charge in [0.05, 0.1) is 17.9 Å². The Morgan fingerprint density at radius 1 is 1.31 bits per heavy atom. The molecule has 0 spiro atoms. The number of nitrogens with zero attached hydrogens (tertiary/aromatic N) is 2. The molecule has 1 unspecified atom stereocenters. The summed E-state index contributed by atoms with van der Waals surface area (Å²) in [6.45, 7) is 3.40. The minimum absolute atomic E-state index is 0.0884. The molecule has 2 aliphatic heterocycles. The second-order valence-electron chi connectivity index (χ2n) is 6.80. The number of benzene rings is 1. The lowest BCUT2D eigenvalue weighted by Gasteiger charge is -2.41. The van der Waals surface area contributed by atoms with Gasteiger partial charge in [0.25, 0.3) is 5.91 Å². The van der Waals surface area contributed by atoms with Gasteiger partial charge in [0, 0.05) is 31.9 Å². The molecule has 2 fully saturated rings. The van der Waals surface area contributed by atoms with Crippen LogP contribution < -0.4 is 4.74 Å². The highest BCUT2D eigenvalue weighted by atomic mass is 16.5. The maximum atomic E-state index is 12.7. The number of furan rings is 1. The van der Waals surface area contributed by atoms with E-state index in [4.69, 9.17) is 19.2 Å². The number of carbonyl (C=O) groups excluding carboxylic acids is 1. The number of likely N-dealkylation sites (tertiary alicyclic amines) is 1. The SMILES string of the molecule is N#Cc1cccc(OCc2ccoc2C(=O)N2CC(C3CCOC3)C2)c1. The van der Waals surface area contributed by atoms with Crippen molar-refractivity contribution in [3.63, 3.8) is 0 Å². The van der Waals surface area contributed by atoms with E-state index in [2.05, 4.69) is 6.07 Å². The normalized spacial score (nSPS) is 19.8. The monoisotopic (exact) mass is 352 g/mol. The number of amides is 1. The van der Waals surface area contributed by atoms with Crippen molar-refractivity contribution in [3.05, 3.63) is 53.5 Å². The average molecular weight is 352 g/mol. The maximum Gasteiger partial charge on any atom is 0.289 e. The van der Waals surface area contributed by atoms with Gasteiger partial charge in [0.1, 0.15) is 12.4 Å². The molecule has 0 N–H and O–H groups in total. The van der Waals surface area contributed by atoms with Gasteiger partial charge in [-0.25, -0.2) is 0 Å². The van der Waals surface area contributed by atoms with Gasteiger partial charge in [-0.15, -0.1) is 0 Å². The van der Waals surface area contributed by atoms with Gasteiger partial charge >= 0.3 is 0 Å². The molecule has 2 aromatic rings. The number of carbonyl (C=O) groups is 1. The lowest BCUT2D eigenvalue weighted by atomic mass is 9.85. The highest BCUT2D eigenvalue weighted by Gasteiger charge is 2.39. The van der Waals surface area contributed by atoms with Crippen LogP contribution in [-0.4, -0.2) is 37.1 Å². The van der Waals surface area contributed by atoms with Gasteiger partial charge in [0.2, 0.25) is 0 Å². The molecule has 0 bridgehead atoms. The van der Waals surface area contributed by atoms with Crippen LogP contribution in [0.2, 0.25) is 0 Å². The molecule has 4 rings (SSSR count). The third-order valence-electron chi connectivity index (χ3n) is 5.13. The Balaban J connectivity index is 1.36. The van der Waals surface area contributed by atoms with Crippen LogP contribution in [0.3, 0.4) is 0 Å². The van der Waals surface area contributed by atoms with Crippen molar-refractivity contribution in [1.82, 2.24) is 4.90 Å². The first-order valence-electron chi connectivity index (χ1n) is 8.81. The van der Waals surface area contributed by atoms with Crippen LogP contribution >= 0.6 is 0 Å². The summed E-state index contributed by atoms with van der Waals surface area (Å²) in [4.78, 5) is 14.5. The van der Waals surface area contributed by atoms with E-state index < -0.39 is 0 Å². The highest BCUT2D eigenvalue weighted by Crippen LogP contribution is 2.31. The summed E-state index contributed by atoms with van der Waals surface area (Å²) in [5.41, 5.74) is 1.25. The molecule has 1 aromatic heterocycles. The summed E-state index contributed by atoms with van der Waals surface area (Å²) in [5.74, 6) is 1.95. The lowest BCUT2D eigenvalue weighted by molar-refractivity contribution is 0.0311. The van der Waals surface area contributed by atoms with Crippen LogP contribution in [0.4, 0.5) is 0 Å². The fourth-order valence-electron chi connectivity index (χ4n) is 3.50. The van der Waals surface area contributed by atoms with Crippen molar-refractivity contribution in [3.8, 4) is 11.8 Å². The first kappa shape index (κ1) is 16.7. The van der Waals surface area contributed by atoms with E-state index in [0.717, 1.165) is 32.7 Å². The molecule has 1 amide bonds. The van der Waals surface area contributed by atoms with Crippen LogP contribution in [0.25, 0.3) is 0 Å². The van der Waals surface area contributed by atoms with E-state index in [1.807, 2.05) is 4.90 Å². The standard InChI is InChI=1S/C20H20N2O4/c21-9-14-2-1-3-18(8-14)26-13-16-5-7-25-19(16)20(23)22-10-17(11-22)15-4-6-24-12-15/h1-3,5,7-8,15,17H,4,6,10-13H2. The largest absolute Gasteiger partial charge is 0.489 e. The Labute approximate surface area is 151 Å². The summed E-state index contributed by atoms with van der Waals surface area (Å²) >= 11 is 0. The molecule has 2 aliphatic rings. The minimum Gasteiger partial charge on any atom is -0.489 e. The molecule has 0 radical (unpaired) electrons. The first-order valence-corrected chi connectivity index (χ1v) is 8.81.